The van der Waals surface area contributed by atoms with Crippen molar-refractivity contribution in [2.45, 2.75) is 43.4 Å². The van der Waals surface area contributed by atoms with Gasteiger partial charge in [0.25, 0.3) is 0 Å². The highest BCUT2D eigenvalue weighted by Gasteiger charge is 2.38. The molecule has 1 aliphatic carbocycles. The Morgan fingerprint density at radius 2 is 1.55 bits per heavy atom. The van der Waals surface area contributed by atoms with Gasteiger partial charge in [0.15, 0.2) is 5.78 Å². The summed E-state index contributed by atoms with van der Waals surface area (Å²) in [5.74, 6) is 0.223. The number of fused-ring (bicyclic) bond motifs is 1. The van der Waals surface area contributed by atoms with E-state index < -0.39 is 0 Å². The van der Waals surface area contributed by atoms with Gasteiger partial charge in [0.05, 0.1) is 11.3 Å². The van der Waals surface area contributed by atoms with Gasteiger partial charge < -0.3 is 4.57 Å². The van der Waals surface area contributed by atoms with Crippen LogP contribution in [0.4, 0.5) is 0 Å². The van der Waals surface area contributed by atoms with Crippen LogP contribution in [0.3, 0.4) is 0 Å². The van der Waals surface area contributed by atoms with Crippen LogP contribution < -0.4 is 0 Å². The average molecular weight is 472 g/mol. The highest BCUT2D eigenvalue weighted by atomic mass is 35.5. The van der Waals surface area contributed by atoms with Crippen LogP contribution in [0.25, 0.3) is 16.9 Å². The average Bonchev–Trinajstić information content (AvgIpc) is 3.09. The fourth-order valence-electron chi connectivity index (χ4n) is 4.65. The molecule has 0 radical (unpaired) electrons. The van der Waals surface area contributed by atoms with Gasteiger partial charge in [0, 0.05) is 32.6 Å². The monoisotopic (exact) mass is 471 g/mol. The lowest BCUT2D eigenvalue weighted by Gasteiger charge is -2.30. The second-order valence-electron chi connectivity index (χ2n) is 9.53. The van der Waals surface area contributed by atoms with Gasteiger partial charge in [0.2, 0.25) is 0 Å². The minimum Gasteiger partial charge on any atom is -0.312 e. The van der Waals surface area contributed by atoms with Crippen molar-refractivity contribution >= 4 is 29.1 Å². The topological polar surface area (TPSA) is 22.0 Å². The van der Waals surface area contributed by atoms with E-state index in [0.29, 0.717) is 11.4 Å². The zero-order valence-corrected chi connectivity index (χ0v) is 20.6. The van der Waals surface area contributed by atoms with E-state index in [1.54, 1.807) is 11.8 Å². The molecule has 4 aromatic rings. The summed E-state index contributed by atoms with van der Waals surface area (Å²) in [7, 11) is 0. The number of aryl methyl sites for hydroxylation is 1. The maximum absolute atomic E-state index is 13.6. The molecular formula is C29H26ClNOS. The van der Waals surface area contributed by atoms with E-state index in [-0.39, 0.29) is 11.2 Å². The summed E-state index contributed by atoms with van der Waals surface area (Å²) >= 11 is 7.91. The van der Waals surface area contributed by atoms with Crippen molar-refractivity contribution in [3.8, 4) is 16.9 Å². The predicted molar refractivity (Wildman–Crippen MR) is 138 cm³/mol. The summed E-state index contributed by atoms with van der Waals surface area (Å²) in [5, 5.41) is 0.701. The molecule has 166 valence electrons. The molecule has 0 bridgehead atoms. The Balaban J connectivity index is 1.83. The van der Waals surface area contributed by atoms with Crippen molar-refractivity contribution in [1.29, 1.82) is 0 Å². The molecule has 0 fully saturated rings. The second kappa shape index (κ2) is 8.55. The molecule has 4 heteroatoms. The minimum absolute atomic E-state index is 0.0909. The van der Waals surface area contributed by atoms with Gasteiger partial charge in [-0.05, 0) is 60.7 Å². The van der Waals surface area contributed by atoms with E-state index in [4.69, 9.17) is 11.6 Å². The smallest absolute Gasteiger partial charge is 0.166 e. The van der Waals surface area contributed by atoms with E-state index >= 15 is 0 Å². The lowest BCUT2D eigenvalue weighted by Crippen LogP contribution is -2.28. The minimum atomic E-state index is -0.0909. The molecule has 0 saturated carbocycles. The van der Waals surface area contributed by atoms with Crippen molar-refractivity contribution < 1.29 is 4.79 Å². The molecule has 3 aromatic carbocycles. The zero-order chi connectivity index (χ0) is 23.2. The van der Waals surface area contributed by atoms with Gasteiger partial charge in [0.1, 0.15) is 0 Å². The number of Topliss-reactive ketones (excluding diaryl/α,β-unsaturated/α-hetero) is 1. The van der Waals surface area contributed by atoms with Gasteiger partial charge >= 0.3 is 0 Å². The number of benzene rings is 3. The third-order valence-corrected chi connectivity index (χ3v) is 7.52. The SMILES string of the molecule is Cc1ccc(Sc2c3c(n(-c4ccc(Cl)cc4)c2-c2ccccc2)CC(C)(C)CC3=O)cc1. The first-order valence-corrected chi connectivity index (χ1v) is 12.4. The number of nitrogens with zero attached hydrogens (tertiary/aromatic N) is 1. The number of hydrogen-bond acceptors (Lipinski definition) is 2. The van der Waals surface area contributed by atoms with E-state index in [2.05, 4.69) is 73.9 Å². The molecule has 1 heterocycles. The van der Waals surface area contributed by atoms with Gasteiger partial charge in [-0.25, -0.2) is 0 Å². The molecule has 0 amide bonds. The van der Waals surface area contributed by atoms with Gasteiger partial charge in [-0.15, -0.1) is 0 Å². The molecule has 33 heavy (non-hydrogen) atoms. The van der Waals surface area contributed by atoms with Crippen molar-refractivity contribution in [1.82, 2.24) is 4.57 Å². The van der Waals surface area contributed by atoms with Gasteiger partial charge in [-0.1, -0.05) is 85.2 Å². The maximum Gasteiger partial charge on any atom is 0.166 e. The number of ketones is 1. The molecule has 5 rings (SSSR count). The summed E-state index contributed by atoms with van der Waals surface area (Å²) in [6, 6.07) is 26.8. The first kappa shape index (κ1) is 22.1. The van der Waals surface area contributed by atoms with E-state index in [1.165, 1.54) is 5.56 Å². The van der Waals surface area contributed by atoms with Crippen LogP contribution in [0, 0.1) is 12.3 Å². The van der Waals surface area contributed by atoms with Crippen molar-refractivity contribution in [3.63, 3.8) is 0 Å². The Bertz CT molecular complexity index is 1320. The second-order valence-corrected chi connectivity index (χ2v) is 11.1. The molecule has 0 unspecified atom stereocenters. The van der Waals surface area contributed by atoms with Crippen LogP contribution in [0.2, 0.25) is 5.02 Å². The fourth-order valence-corrected chi connectivity index (χ4v) is 5.92. The molecule has 0 spiro atoms. The Kier molecular flexibility index (Phi) is 5.72. The summed E-state index contributed by atoms with van der Waals surface area (Å²) in [5.41, 5.74) is 6.28. The molecule has 0 N–H and O–H groups in total. The number of carbonyl (C=O) groups excluding carboxylic acids is 1. The third-order valence-electron chi connectivity index (χ3n) is 6.16. The van der Waals surface area contributed by atoms with Crippen LogP contribution in [0.15, 0.2) is 88.7 Å². The standard InChI is InChI=1S/C29H26ClNOS/c1-19-9-15-23(16-10-19)33-28-26-24(17-29(2,3)18-25(26)32)31(22-13-11-21(30)12-14-22)27(28)20-7-5-4-6-8-20/h4-16H,17-18H2,1-3H3. The fraction of sp³-hybridized carbons (Fsp3) is 0.207. The maximum atomic E-state index is 13.6. The number of rotatable bonds is 4. The first-order valence-electron chi connectivity index (χ1n) is 11.2. The number of aromatic nitrogens is 1. The van der Waals surface area contributed by atoms with Gasteiger partial charge in [-0.2, -0.15) is 0 Å². The largest absolute Gasteiger partial charge is 0.312 e. The Morgan fingerprint density at radius 3 is 2.21 bits per heavy atom. The highest BCUT2D eigenvalue weighted by Crippen LogP contribution is 2.48. The van der Waals surface area contributed by atoms with Crippen molar-refractivity contribution in [2.24, 2.45) is 5.41 Å². The van der Waals surface area contributed by atoms with Crippen LogP contribution in [-0.2, 0) is 6.42 Å². The van der Waals surface area contributed by atoms with E-state index in [0.717, 1.165) is 44.4 Å². The summed E-state index contributed by atoms with van der Waals surface area (Å²) in [6.45, 7) is 6.46. The molecule has 2 nitrogen and oxygen atoms in total. The number of carbonyl (C=O) groups is 1. The normalized spacial score (nSPS) is 14.8. The van der Waals surface area contributed by atoms with E-state index in [9.17, 15) is 4.79 Å². The Labute approximate surface area is 204 Å². The highest BCUT2D eigenvalue weighted by molar-refractivity contribution is 7.99. The molecule has 0 saturated heterocycles. The van der Waals surface area contributed by atoms with Gasteiger partial charge in [-0.3, -0.25) is 4.79 Å². The van der Waals surface area contributed by atoms with Crippen LogP contribution >= 0.6 is 23.4 Å². The molecule has 0 atom stereocenters. The molecule has 1 aliphatic rings. The van der Waals surface area contributed by atoms with E-state index in [1.807, 2.05) is 30.3 Å². The summed E-state index contributed by atoms with van der Waals surface area (Å²) < 4.78 is 2.29. The lowest BCUT2D eigenvalue weighted by atomic mass is 9.76. The van der Waals surface area contributed by atoms with Crippen molar-refractivity contribution in [3.05, 3.63) is 101 Å². The molecule has 0 aliphatic heterocycles. The molecular weight excluding hydrogens is 446 g/mol. The van der Waals surface area contributed by atoms with Crippen molar-refractivity contribution in [2.75, 3.05) is 0 Å². The number of hydrogen-bond donors (Lipinski definition) is 0. The van der Waals surface area contributed by atoms with Crippen LogP contribution in [0.5, 0.6) is 0 Å². The first-order chi connectivity index (χ1) is 15.8. The van der Waals surface area contributed by atoms with Crippen LogP contribution in [0.1, 0.15) is 41.9 Å². The Hall–Kier alpha value is -2.75. The summed E-state index contributed by atoms with van der Waals surface area (Å²) in [6.07, 6.45) is 1.39. The third kappa shape index (κ3) is 4.28. The molecule has 1 aromatic heterocycles. The van der Waals surface area contributed by atoms with Crippen LogP contribution in [-0.4, -0.2) is 10.4 Å². The zero-order valence-electron chi connectivity index (χ0n) is 19.1. The Morgan fingerprint density at radius 1 is 0.879 bits per heavy atom. The summed E-state index contributed by atoms with van der Waals surface area (Å²) in [4.78, 5) is 15.8. The lowest BCUT2D eigenvalue weighted by molar-refractivity contribution is 0.0908. The predicted octanol–water partition coefficient (Wildman–Crippen LogP) is 8.41. The number of halogens is 1. The quantitative estimate of drug-likeness (QED) is 0.298.